The normalized spacial score (nSPS) is 15.5. The Morgan fingerprint density at radius 1 is 1.19 bits per heavy atom. The fourth-order valence-electron chi connectivity index (χ4n) is 3.53. The lowest BCUT2D eigenvalue weighted by molar-refractivity contribution is 0.0950. The quantitative estimate of drug-likeness (QED) is 0.713. The molecule has 0 radical (unpaired) electrons. The van der Waals surface area contributed by atoms with Crippen LogP contribution in [0.1, 0.15) is 28.4 Å². The van der Waals surface area contributed by atoms with E-state index in [2.05, 4.69) is 40.3 Å². The number of hydrogen-bond donors (Lipinski definition) is 1. The maximum absolute atomic E-state index is 12.6. The number of anilines is 2. The number of aromatic nitrogens is 1. The Kier molecular flexibility index (Phi) is 4.82. The smallest absolute Gasteiger partial charge is 0.253 e. The van der Waals surface area contributed by atoms with Crippen molar-refractivity contribution in [3.05, 3.63) is 88.7 Å². The molecule has 1 N–H and O–H groups in total. The maximum Gasteiger partial charge on any atom is 0.253 e. The van der Waals surface area contributed by atoms with Crippen LogP contribution < -0.4 is 10.2 Å². The second-order valence-corrected chi connectivity index (χ2v) is 7.23. The molecule has 1 atom stereocenters. The number of benzene rings is 2. The number of fused-ring (bicyclic) bond motifs is 1. The Hall–Kier alpha value is -2.85. The van der Waals surface area contributed by atoms with Gasteiger partial charge in [0.15, 0.2) is 0 Å². The summed E-state index contributed by atoms with van der Waals surface area (Å²) in [7, 11) is 0. The molecule has 1 amide bonds. The van der Waals surface area contributed by atoms with Crippen molar-refractivity contribution in [1.82, 2.24) is 10.3 Å². The van der Waals surface area contributed by atoms with E-state index in [1.54, 1.807) is 6.20 Å². The molecule has 1 unspecified atom stereocenters. The van der Waals surface area contributed by atoms with Crippen LogP contribution in [0.5, 0.6) is 0 Å². The van der Waals surface area contributed by atoms with Gasteiger partial charge >= 0.3 is 0 Å². The molecule has 1 aromatic heterocycles. The Morgan fingerprint density at radius 3 is 2.78 bits per heavy atom. The van der Waals surface area contributed by atoms with Gasteiger partial charge in [-0.1, -0.05) is 41.9 Å². The highest BCUT2D eigenvalue weighted by atomic mass is 35.5. The maximum atomic E-state index is 12.6. The van der Waals surface area contributed by atoms with Gasteiger partial charge in [-0.3, -0.25) is 9.78 Å². The van der Waals surface area contributed by atoms with E-state index in [0.717, 1.165) is 17.7 Å². The van der Waals surface area contributed by atoms with E-state index < -0.39 is 0 Å². The zero-order valence-electron chi connectivity index (χ0n) is 15.0. The fraction of sp³-hybridized carbons (Fsp3) is 0.182. The van der Waals surface area contributed by atoms with Crippen molar-refractivity contribution in [2.45, 2.75) is 25.9 Å². The van der Waals surface area contributed by atoms with Gasteiger partial charge < -0.3 is 10.2 Å². The van der Waals surface area contributed by atoms with Crippen molar-refractivity contribution in [2.75, 3.05) is 4.90 Å². The van der Waals surface area contributed by atoms with Crippen molar-refractivity contribution >= 4 is 28.9 Å². The molecule has 0 bridgehead atoms. The van der Waals surface area contributed by atoms with Gasteiger partial charge in [-0.25, -0.2) is 0 Å². The summed E-state index contributed by atoms with van der Waals surface area (Å²) in [5.41, 5.74) is 5.00. The van der Waals surface area contributed by atoms with Crippen LogP contribution in [0, 0.1) is 0 Å². The van der Waals surface area contributed by atoms with Gasteiger partial charge in [0.1, 0.15) is 0 Å². The van der Waals surface area contributed by atoms with Crippen molar-refractivity contribution in [3.63, 3.8) is 0 Å². The van der Waals surface area contributed by atoms with Crippen LogP contribution in [0.2, 0.25) is 5.02 Å². The molecule has 2 aromatic carbocycles. The average Bonchev–Trinajstić information content (AvgIpc) is 3.03. The van der Waals surface area contributed by atoms with E-state index >= 15 is 0 Å². The third-order valence-corrected chi connectivity index (χ3v) is 5.09. The summed E-state index contributed by atoms with van der Waals surface area (Å²) >= 11 is 5.90. The number of carbonyl (C=O) groups excluding carboxylic acids is 1. The first-order valence-electron chi connectivity index (χ1n) is 8.96. The lowest BCUT2D eigenvalue weighted by atomic mass is 10.1. The molecule has 0 spiro atoms. The van der Waals surface area contributed by atoms with Crippen LogP contribution in [0.4, 0.5) is 11.4 Å². The van der Waals surface area contributed by atoms with E-state index in [0.29, 0.717) is 23.2 Å². The summed E-state index contributed by atoms with van der Waals surface area (Å²) in [4.78, 5) is 19.1. The van der Waals surface area contributed by atoms with Crippen LogP contribution in [0.3, 0.4) is 0 Å². The molecule has 0 saturated heterocycles. The lowest BCUT2D eigenvalue weighted by Gasteiger charge is -2.25. The molecule has 136 valence electrons. The third-order valence-electron chi connectivity index (χ3n) is 4.84. The molecule has 0 aliphatic carbocycles. The van der Waals surface area contributed by atoms with Gasteiger partial charge in [-0.2, -0.15) is 0 Å². The lowest BCUT2D eigenvalue weighted by Crippen LogP contribution is -2.26. The van der Waals surface area contributed by atoms with Crippen LogP contribution in [0.25, 0.3) is 0 Å². The number of nitrogens with zero attached hydrogens (tertiary/aromatic N) is 2. The SMILES string of the molecule is CC1Cc2ccccc2N1c1cncc(C(=O)NCc2ccc(Cl)cc2)c1. The summed E-state index contributed by atoms with van der Waals surface area (Å²) in [6.07, 6.45) is 4.41. The van der Waals surface area contributed by atoms with Gasteiger partial charge in [0, 0.05) is 29.5 Å². The Balaban J connectivity index is 1.52. The molecule has 2 heterocycles. The number of rotatable bonds is 4. The average molecular weight is 378 g/mol. The zero-order valence-corrected chi connectivity index (χ0v) is 15.8. The molecule has 1 aliphatic heterocycles. The molecule has 0 saturated carbocycles. The highest BCUT2D eigenvalue weighted by molar-refractivity contribution is 6.30. The molecule has 0 fully saturated rings. The molecular formula is C22H20ClN3O. The van der Waals surface area contributed by atoms with Crippen LogP contribution in [-0.2, 0) is 13.0 Å². The summed E-state index contributed by atoms with van der Waals surface area (Å²) in [5.74, 6) is -0.139. The van der Waals surface area contributed by atoms with Gasteiger partial charge in [0.2, 0.25) is 0 Å². The standard InChI is InChI=1S/C22H20ClN3O/c1-15-10-17-4-2-3-5-21(17)26(15)20-11-18(13-24-14-20)22(27)25-12-16-6-8-19(23)9-7-16/h2-9,11,13-15H,10,12H2,1H3,(H,25,27). The number of para-hydroxylation sites is 1. The predicted molar refractivity (Wildman–Crippen MR) is 109 cm³/mol. The number of halogens is 1. The largest absolute Gasteiger partial charge is 0.348 e. The molecule has 4 nitrogen and oxygen atoms in total. The molecule has 4 rings (SSSR count). The van der Waals surface area contributed by atoms with Crippen molar-refractivity contribution in [3.8, 4) is 0 Å². The van der Waals surface area contributed by atoms with Crippen molar-refractivity contribution in [2.24, 2.45) is 0 Å². The highest BCUT2D eigenvalue weighted by Gasteiger charge is 2.27. The molecule has 27 heavy (non-hydrogen) atoms. The summed E-state index contributed by atoms with van der Waals surface area (Å²) in [5, 5.41) is 3.62. The van der Waals surface area contributed by atoms with Crippen molar-refractivity contribution < 1.29 is 4.79 Å². The van der Waals surface area contributed by atoms with E-state index in [1.165, 1.54) is 11.3 Å². The number of pyridine rings is 1. The van der Waals surface area contributed by atoms with Gasteiger partial charge in [0.25, 0.3) is 5.91 Å². The molecule has 3 aromatic rings. The van der Waals surface area contributed by atoms with E-state index in [1.807, 2.05) is 42.6 Å². The van der Waals surface area contributed by atoms with E-state index in [9.17, 15) is 4.79 Å². The summed E-state index contributed by atoms with van der Waals surface area (Å²) < 4.78 is 0. The van der Waals surface area contributed by atoms with E-state index in [4.69, 9.17) is 11.6 Å². The Labute approximate surface area is 163 Å². The second kappa shape index (κ2) is 7.41. The minimum atomic E-state index is -0.139. The number of nitrogens with one attached hydrogen (secondary N) is 1. The minimum absolute atomic E-state index is 0.139. The van der Waals surface area contributed by atoms with Crippen LogP contribution in [-0.4, -0.2) is 16.9 Å². The monoisotopic (exact) mass is 377 g/mol. The van der Waals surface area contributed by atoms with Crippen molar-refractivity contribution in [1.29, 1.82) is 0 Å². The number of carbonyl (C=O) groups is 1. The summed E-state index contributed by atoms with van der Waals surface area (Å²) in [6, 6.07) is 18.1. The predicted octanol–water partition coefficient (Wildman–Crippen LogP) is 4.75. The topological polar surface area (TPSA) is 45.2 Å². The van der Waals surface area contributed by atoms with Gasteiger partial charge in [-0.05, 0) is 48.7 Å². The zero-order chi connectivity index (χ0) is 18.8. The number of amides is 1. The molecular weight excluding hydrogens is 358 g/mol. The number of hydrogen-bond acceptors (Lipinski definition) is 3. The Bertz CT molecular complexity index is 971. The van der Waals surface area contributed by atoms with Gasteiger partial charge in [0.05, 0.1) is 17.4 Å². The third kappa shape index (κ3) is 3.67. The van der Waals surface area contributed by atoms with Gasteiger partial charge in [-0.15, -0.1) is 0 Å². The Morgan fingerprint density at radius 2 is 1.96 bits per heavy atom. The van der Waals surface area contributed by atoms with Crippen LogP contribution in [0.15, 0.2) is 67.0 Å². The fourth-order valence-corrected chi connectivity index (χ4v) is 3.66. The summed E-state index contributed by atoms with van der Waals surface area (Å²) in [6.45, 7) is 2.64. The minimum Gasteiger partial charge on any atom is -0.348 e. The van der Waals surface area contributed by atoms with Crippen LogP contribution >= 0.6 is 11.6 Å². The second-order valence-electron chi connectivity index (χ2n) is 6.79. The van der Waals surface area contributed by atoms with E-state index in [-0.39, 0.29) is 5.91 Å². The highest BCUT2D eigenvalue weighted by Crippen LogP contribution is 2.37. The molecule has 5 heteroatoms. The first-order chi connectivity index (χ1) is 13.1. The first-order valence-corrected chi connectivity index (χ1v) is 9.34. The molecule has 1 aliphatic rings. The first kappa shape index (κ1) is 17.6.